The average molecular weight is 411 g/mol. The van der Waals surface area contributed by atoms with Gasteiger partial charge in [0.25, 0.3) is 5.91 Å². The quantitative estimate of drug-likeness (QED) is 0.766. The Morgan fingerprint density at radius 1 is 1.17 bits per heavy atom. The zero-order valence-electron chi connectivity index (χ0n) is 16.5. The van der Waals surface area contributed by atoms with Crippen LogP contribution < -0.4 is 10.1 Å². The summed E-state index contributed by atoms with van der Waals surface area (Å²) < 4.78 is 30.0. The topological polar surface area (TPSA) is 73.9 Å². The summed E-state index contributed by atoms with van der Waals surface area (Å²) in [7, 11) is 1.27. The van der Waals surface area contributed by atoms with E-state index < -0.39 is 24.7 Å². The summed E-state index contributed by atoms with van der Waals surface area (Å²) in [6, 6.07) is 12.7. The standard InChI is InChI=1S/C23H22FNO5/c1-28-23(27)15-8-13(22(26)25-20-16-10-29-11-17(16)20)7-14-19(12-5-3-2-4-6-12)18(9-24)30-21(14)15/h2-8,16-20H,9-11H2,1H3,(H,25,26)/t16-,17+,18?,19?,20?. The van der Waals surface area contributed by atoms with Crippen molar-refractivity contribution in [3.63, 3.8) is 0 Å². The summed E-state index contributed by atoms with van der Waals surface area (Å²) in [6.45, 7) is 0.604. The van der Waals surface area contributed by atoms with Crippen molar-refractivity contribution in [3.8, 4) is 5.75 Å². The van der Waals surface area contributed by atoms with E-state index in [2.05, 4.69) is 5.32 Å². The zero-order chi connectivity index (χ0) is 20.8. The van der Waals surface area contributed by atoms with Gasteiger partial charge < -0.3 is 19.5 Å². The first-order valence-electron chi connectivity index (χ1n) is 10.0. The van der Waals surface area contributed by atoms with Gasteiger partial charge in [-0.25, -0.2) is 9.18 Å². The molecule has 2 fully saturated rings. The third-order valence-electron chi connectivity index (χ3n) is 6.32. The number of alkyl halides is 1. The summed E-state index contributed by atoms with van der Waals surface area (Å²) in [6.07, 6.45) is -0.774. The van der Waals surface area contributed by atoms with E-state index >= 15 is 0 Å². The van der Waals surface area contributed by atoms with Crippen LogP contribution in [0.15, 0.2) is 42.5 Å². The number of halogens is 1. The number of carbonyl (C=O) groups excluding carboxylic acids is 2. The van der Waals surface area contributed by atoms with Gasteiger partial charge in [0.2, 0.25) is 0 Å². The van der Waals surface area contributed by atoms with E-state index in [-0.39, 0.29) is 23.3 Å². The number of benzene rings is 2. The Kier molecular flexibility index (Phi) is 4.70. The molecule has 3 aliphatic rings. The first kappa shape index (κ1) is 19.1. The number of methoxy groups -OCH3 is 1. The molecule has 1 amide bonds. The van der Waals surface area contributed by atoms with Gasteiger partial charge in [0, 0.05) is 29.0 Å². The molecule has 1 saturated heterocycles. The van der Waals surface area contributed by atoms with Crippen LogP contribution in [0.5, 0.6) is 5.75 Å². The highest BCUT2D eigenvalue weighted by molar-refractivity contribution is 6.00. The smallest absolute Gasteiger partial charge is 0.341 e. The average Bonchev–Trinajstić information content (AvgIpc) is 3.14. The van der Waals surface area contributed by atoms with Crippen molar-refractivity contribution < 1.29 is 28.2 Å². The second-order valence-corrected chi connectivity index (χ2v) is 8.00. The zero-order valence-corrected chi connectivity index (χ0v) is 16.5. The summed E-state index contributed by atoms with van der Waals surface area (Å²) in [5.41, 5.74) is 1.96. The summed E-state index contributed by atoms with van der Waals surface area (Å²) >= 11 is 0. The maximum Gasteiger partial charge on any atom is 0.341 e. The molecule has 0 radical (unpaired) electrons. The van der Waals surface area contributed by atoms with Gasteiger partial charge in [-0.3, -0.25) is 4.79 Å². The minimum absolute atomic E-state index is 0.0980. The Morgan fingerprint density at radius 3 is 2.57 bits per heavy atom. The number of nitrogens with one attached hydrogen (secondary N) is 1. The summed E-state index contributed by atoms with van der Waals surface area (Å²) in [5, 5.41) is 3.04. The molecule has 7 heteroatoms. The van der Waals surface area contributed by atoms with Crippen LogP contribution >= 0.6 is 0 Å². The molecule has 2 aliphatic heterocycles. The highest BCUT2D eigenvalue weighted by Gasteiger charge is 2.54. The lowest BCUT2D eigenvalue weighted by molar-refractivity contribution is 0.0593. The molecule has 0 bridgehead atoms. The minimum atomic E-state index is -0.774. The van der Waals surface area contributed by atoms with Gasteiger partial charge in [-0.05, 0) is 17.7 Å². The number of ether oxygens (including phenoxy) is 3. The molecule has 5 atom stereocenters. The summed E-state index contributed by atoms with van der Waals surface area (Å²) in [4.78, 5) is 25.4. The van der Waals surface area contributed by atoms with E-state index in [0.717, 1.165) is 5.56 Å². The molecule has 1 N–H and O–H groups in total. The van der Waals surface area contributed by atoms with Crippen molar-refractivity contribution in [1.29, 1.82) is 0 Å². The lowest BCUT2D eigenvalue weighted by Crippen LogP contribution is -2.30. The van der Waals surface area contributed by atoms with Gasteiger partial charge in [0.1, 0.15) is 24.1 Å². The SMILES string of the molecule is COC(=O)c1cc(C(=O)NC2[C@H]3COC[C@@H]23)cc2c1OC(CF)C2c1ccccc1. The van der Waals surface area contributed by atoms with E-state index in [9.17, 15) is 14.0 Å². The van der Waals surface area contributed by atoms with Crippen LogP contribution in [0.4, 0.5) is 4.39 Å². The molecule has 1 aliphatic carbocycles. The number of esters is 1. The number of fused-ring (bicyclic) bond motifs is 2. The largest absolute Gasteiger partial charge is 0.485 e. The molecule has 0 aromatic heterocycles. The van der Waals surface area contributed by atoms with Crippen molar-refractivity contribution >= 4 is 11.9 Å². The van der Waals surface area contributed by atoms with Crippen LogP contribution in [0.25, 0.3) is 0 Å². The predicted octanol–water partition coefficient (Wildman–Crippen LogP) is 2.71. The van der Waals surface area contributed by atoms with Crippen molar-refractivity contribution in [2.24, 2.45) is 11.8 Å². The van der Waals surface area contributed by atoms with Crippen LogP contribution in [-0.2, 0) is 9.47 Å². The maximum absolute atomic E-state index is 13.9. The first-order valence-corrected chi connectivity index (χ1v) is 10.0. The van der Waals surface area contributed by atoms with Gasteiger partial charge in [0.15, 0.2) is 0 Å². The Morgan fingerprint density at radius 2 is 1.90 bits per heavy atom. The van der Waals surface area contributed by atoms with Crippen molar-refractivity contribution in [2.75, 3.05) is 27.0 Å². The molecule has 2 aromatic carbocycles. The molecule has 2 aromatic rings. The summed E-state index contributed by atoms with van der Waals surface area (Å²) in [5.74, 6) is -0.302. The monoisotopic (exact) mass is 411 g/mol. The number of amides is 1. The maximum atomic E-state index is 13.9. The van der Waals surface area contributed by atoms with Crippen molar-refractivity contribution in [3.05, 3.63) is 64.7 Å². The van der Waals surface area contributed by atoms with E-state index in [0.29, 0.717) is 36.2 Å². The van der Waals surface area contributed by atoms with E-state index in [1.54, 1.807) is 6.07 Å². The van der Waals surface area contributed by atoms with Crippen LogP contribution in [0, 0.1) is 11.8 Å². The van der Waals surface area contributed by atoms with Gasteiger partial charge in [-0.15, -0.1) is 0 Å². The van der Waals surface area contributed by atoms with E-state index in [1.165, 1.54) is 13.2 Å². The molecule has 30 heavy (non-hydrogen) atoms. The molecule has 5 rings (SSSR count). The fourth-order valence-corrected chi connectivity index (χ4v) is 4.69. The highest BCUT2D eigenvalue weighted by Crippen LogP contribution is 2.46. The lowest BCUT2D eigenvalue weighted by Gasteiger charge is -2.16. The number of carbonyl (C=O) groups is 2. The van der Waals surface area contributed by atoms with Gasteiger partial charge in [-0.1, -0.05) is 30.3 Å². The number of hydrogen-bond donors (Lipinski definition) is 1. The Hall–Kier alpha value is -2.93. The Balaban J connectivity index is 1.54. The second kappa shape index (κ2) is 7.40. The molecule has 0 spiro atoms. The Bertz CT molecular complexity index is 985. The molecule has 2 heterocycles. The van der Waals surface area contributed by atoms with Crippen LogP contribution in [-0.4, -0.2) is 51.0 Å². The first-order chi connectivity index (χ1) is 14.6. The number of rotatable bonds is 5. The van der Waals surface area contributed by atoms with Gasteiger partial charge in [0.05, 0.1) is 26.2 Å². The fourth-order valence-electron chi connectivity index (χ4n) is 4.69. The molecule has 156 valence electrons. The van der Waals surface area contributed by atoms with Gasteiger partial charge in [-0.2, -0.15) is 0 Å². The van der Waals surface area contributed by atoms with Crippen LogP contribution in [0.2, 0.25) is 0 Å². The molecule has 6 nitrogen and oxygen atoms in total. The highest BCUT2D eigenvalue weighted by atomic mass is 19.1. The van der Waals surface area contributed by atoms with Crippen LogP contribution in [0.3, 0.4) is 0 Å². The number of hydrogen-bond acceptors (Lipinski definition) is 5. The fraction of sp³-hybridized carbons (Fsp3) is 0.391. The normalized spacial score (nSPS) is 28.3. The Labute approximate surface area is 173 Å². The molecule has 3 unspecified atom stereocenters. The lowest BCUT2D eigenvalue weighted by atomic mass is 9.86. The van der Waals surface area contributed by atoms with E-state index in [4.69, 9.17) is 14.2 Å². The molecular weight excluding hydrogens is 389 g/mol. The predicted molar refractivity (Wildman–Crippen MR) is 106 cm³/mol. The van der Waals surface area contributed by atoms with Gasteiger partial charge >= 0.3 is 5.97 Å². The molecular formula is C23H22FNO5. The van der Waals surface area contributed by atoms with Crippen molar-refractivity contribution in [1.82, 2.24) is 5.32 Å². The third-order valence-corrected chi connectivity index (χ3v) is 6.32. The second-order valence-electron chi connectivity index (χ2n) is 8.00. The van der Waals surface area contributed by atoms with Crippen LogP contribution in [0.1, 0.15) is 37.8 Å². The van der Waals surface area contributed by atoms with E-state index in [1.807, 2.05) is 30.3 Å². The minimum Gasteiger partial charge on any atom is -0.485 e. The third kappa shape index (κ3) is 3.04. The van der Waals surface area contributed by atoms with Crippen molar-refractivity contribution in [2.45, 2.75) is 18.1 Å². The molecule has 1 saturated carbocycles.